The van der Waals surface area contributed by atoms with Gasteiger partial charge in [-0.3, -0.25) is 10.1 Å². The molecule has 5 nitrogen and oxygen atoms in total. The number of carbonyl (C=O) groups is 1. The average molecular weight is 245 g/mol. The van der Waals surface area contributed by atoms with E-state index in [0.29, 0.717) is 11.8 Å². The van der Waals surface area contributed by atoms with Crippen molar-refractivity contribution in [2.75, 3.05) is 5.75 Å². The molecule has 7 heteroatoms. The van der Waals surface area contributed by atoms with Crippen LogP contribution in [0.1, 0.15) is 17.3 Å². The van der Waals surface area contributed by atoms with E-state index in [4.69, 9.17) is 5.11 Å². The fourth-order valence-electron chi connectivity index (χ4n) is 1.12. The molecule has 0 amide bonds. The Morgan fingerprint density at radius 3 is 2.69 bits per heavy atom. The van der Waals surface area contributed by atoms with Crippen molar-refractivity contribution in [1.29, 1.82) is 0 Å². The van der Waals surface area contributed by atoms with Gasteiger partial charge in [0.15, 0.2) is 0 Å². The number of hydrogen-bond acceptors (Lipinski definition) is 4. The topological polar surface area (TPSA) is 80.4 Å². The van der Waals surface area contributed by atoms with Crippen molar-refractivity contribution in [3.63, 3.8) is 0 Å². The van der Waals surface area contributed by atoms with Gasteiger partial charge in [-0.2, -0.15) is 0 Å². The molecule has 0 saturated heterocycles. The van der Waals surface area contributed by atoms with Gasteiger partial charge in [0.05, 0.1) is 21.4 Å². The molecule has 0 radical (unpaired) electrons. The quantitative estimate of drug-likeness (QED) is 0.501. The van der Waals surface area contributed by atoms with Gasteiger partial charge in [0.2, 0.25) is 0 Å². The number of halogens is 1. The van der Waals surface area contributed by atoms with E-state index in [1.54, 1.807) is 6.92 Å². The average Bonchev–Trinajstić information content (AvgIpc) is 2.19. The minimum atomic E-state index is -1.44. The van der Waals surface area contributed by atoms with E-state index >= 15 is 0 Å². The summed E-state index contributed by atoms with van der Waals surface area (Å²) in [5.74, 6) is -2.00. The molecule has 0 atom stereocenters. The molecule has 0 fully saturated rings. The van der Waals surface area contributed by atoms with Crippen LogP contribution < -0.4 is 0 Å². The molecule has 0 aromatic heterocycles. The molecule has 0 aliphatic rings. The van der Waals surface area contributed by atoms with Gasteiger partial charge in [0.25, 0.3) is 5.69 Å². The van der Waals surface area contributed by atoms with Gasteiger partial charge in [-0.15, -0.1) is 11.8 Å². The largest absolute Gasteiger partial charge is 0.478 e. The van der Waals surface area contributed by atoms with Gasteiger partial charge in [-0.1, -0.05) is 6.92 Å². The number of nitro benzene ring substituents is 1. The van der Waals surface area contributed by atoms with Crippen LogP contribution in [0.25, 0.3) is 0 Å². The summed E-state index contributed by atoms with van der Waals surface area (Å²) in [6.45, 7) is 1.76. The van der Waals surface area contributed by atoms with Crippen molar-refractivity contribution in [1.82, 2.24) is 0 Å². The third-order valence-corrected chi connectivity index (χ3v) is 2.70. The first-order chi connectivity index (χ1) is 7.47. The van der Waals surface area contributed by atoms with Gasteiger partial charge >= 0.3 is 5.97 Å². The van der Waals surface area contributed by atoms with Crippen LogP contribution in [0.15, 0.2) is 17.0 Å². The molecular formula is C9H8FNO4S. The molecule has 1 aromatic carbocycles. The minimum Gasteiger partial charge on any atom is -0.478 e. The van der Waals surface area contributed by atoms with Crippen LogP contribution in [-0.4, -0.2) is 21.8 Å². The smallest absolute Gasteiger partial charge is 0.338 e. The highest BCUT2D eigenvalue weighted by Gasteiger charge is 2.21. The molecule has 1 rings (SSSR count). The highest BCUT2D eigenvalue weighted by molar-refractivity contribution is 7.99. The Morgan fingerprint density at radius 1 is 1.62 bits per heavy atom. The van der Waals surface area contributed by atoms with Crippen LogP contribution >= 0.6 is 11.8 Å². The zero-order valence-corrected chi connectivity index (χ0v) is 9.08. The molecule has 0 aliphatic heterocycles. The van der Waals surface area contributed by atoms with Crippen molar-refractivity contribution < 1.29 is 19.2 Å². The molecule has 16 heavy (non-hydrogen) atoms. The Balaban J connectivity index is 3.36. The molecule has 0 aliphatic carbocycles. The first-order valence-corrected chi connectivity index (χ1v) is 5.30. The standard InChI is InChI=1S/C9H8FNO4S/c1-2-16-8-3-5(9(12)13)6(10)4-7(8)11(14)15/h3-4H,2H2,1H3,(H,12,13). The predicted molar refractivity (Wildman–Crippen MR) is 56.4 cm³/mol. The van der Waals surface area contributed by atoms with Crippen LogP contribution in [0.4, 0.5) is 10.1 Å². The monoisotopic (exact) mass is 245 g/mol. The van der Waals surface area contributed by atoms with E-state index in [1.165, 1.54) is 0 Å². The van der Waals surface area contributed by atoms with Crippen LogP contribution in [0.2, 0.25) is 0 Å². The Morgan fingerprint density at radius 2 is 2.25 bits per heavy atom. The van der Waals surface area contributed by atoms with E-state index in [2.05, 4.69) is 0 Å². The summed E-state index contributed by atoms with van der Waals surface area (Å²) in [6, 6.07) is 1.63. The molecular weight excluding hydrogens is 237 g/mol. The maximum atomic E-state index is 13.2. The summed E-state index contributed by atoms with van der Waals surface area (Å²) in [6.07, 6.45) is 0. The van der Waals surface area contributed by atoms with E-state index in [1.807, 2.05) is 0 Å². The first-order valence-electron chi connectivity index (χ1n) is 4.31. The predicted octanol–water partition coefficient (Wildman–Crippen LogP) is 2.54. The summed E-state index contributed by atoms with van der Waals surface area (Å²) in [5, 5.41) is 19.3. The summed E-state index contributed by atoms with van der Waals surface area (Å²) < 4.78 is 13.2. The molecule has 86 valence electrons. The zero-order valence-electron chi connectivity index (χ0n) is 8.27. The van der Waals surface area contributed by atoms with Crippen molar-refractivity contribution in [3.8, 4) is 0 Å². The molecule has 0 heterocycles. The number of nitro groups is 1. The number of hydrogen-bond donors (Lipinski definition) is 1. The lowest BCUT2D eigenvalue weighted by atomic mass is 10.2. The van der Waals surface area contributed by atoms with Gasteiger partial charge in [-0.05, 0) is 11.8 Å². The molecule has 1 aromatic rings. The van der Waals surface area contributed by atoms with Crippen molar-refractivity contribution in [2.24, 2.45) is 0 Å². The Kier molecular flexibility index (Phi) is 3.83. The van der Waals surface area contributed by atoms with Gasteiger partial charge in [0.1, 0.15) is 5.82 Å². The summed E-state index contributed by atoms with van der Waals surface area (Å²) in [7, 11) is 0. The van der Waals surface area contributed by atoms with Crippen molar-refractivity contribution >= 4 is 23.4 Å². The Hall–Kier alpha value is -1.63. The summed E-state index contributed by atoms with van der Waals surface area (Å²) in [5.41, 5.74) is -0.962. The van der Waals surface area contributed by atoms with E-state index in [0.717, 1.165) is 17.8 Å². The van der Waals surface area contributed by atoms with Gasteiger partial charge < -0.3 is 5.11 Å². The lowest BCUT2D eigenvalue weighted by Crippen LogP contribution is -2.03. The molecule has 0 unspecified atom stereocenters. The van der Waals surface area contributed by atoms with Gasteiger partial charge in [0, 0.05) is 0 Å². The highest BCUT2D eigenvalue weighted by atomic mass is 32.2. The number of rotatable bonds is 4. The second-order valence-electron chi connectivity index (χ2n) is 2.80. The van der Waals surface area contributed by atoms with E-state index in [9.17, 15) is 19.3 Å². The van der Waals surface area contributed by atoms with Crippen LogP contribution in [-0.2, 0) is 0 Å². The third-order valence-electron chi connectivity index (χ3n) is 1.78. The SMILES string of the molecule is CCSc1cc(C(=O)O)c(F)cc1[N+](=O)[O-]. The third kappa shape index (κ3) is 2.48. The summed E-state index contributed by atoms with van der Waals surface area (Å²) in [4.78, 5) is 20.7. The number of aromatic carboxylic acids is 1. The van der Waals surface area contributed by atoms with E-state index < -0.39 is 28.0 Å². The fourth-order valence-corrected chi connectivity index (χ4v) is 1.91. The molecule has 1 N–H and O–H groups in total. The molecule has 0 spiro atoms. The number of benzene rings is 1. The lowest BCUT2D eigenvalue weighted by molar-refractivity contribution is -0.387. The summed E-state index contributed by atoms with van der Waals surface area (Å²) >= 11 is 1.10. The fraction of sp³-hybridized carbons (Fsp3) is 0.222. The minimum absolute atomic E-state index is 0.159. The van der Waals surface area contributed by atoms with Crippen molar-refractivity contribution in [3.05, 3.63) is 33.6 Å². The van der Waals surface area contributed by atoms with Crippen LogP contribution in [0, 0.1) is 15.9 Å². The second-order valence-corrected chi connectivity index (χ2v) is 4.10. The van der Waals surface area contributed by atoms with Crippen LogP contribution in [0.3, 0.4) is 0 Å². The Bertz CT molecular complexity index is 449. The first kappa shape index (κ1) is 12.4. The number of carboxylic acids is 1. The van der Waals surface area contributed by atoms with Gasteiger partial charge in [-0.25, -0.2) is 9.18 Å². The number of thioether (sulfide) groups is 1. The van der Waals surface area contributed by atoms with E-state index in [-0.39, 0.29) is 4.90 Å². The second kappa shape index (κ2) is 4.93. The zero-order chi connectivity index (χ0) is 12.3. The highest BCUT2D eigenvalue weighted by Crippen LogP contribution is 2.31. The lowest BCUT2D eigenvalue weighted by Gasteiger charge is -2.03. The molecule has 0 bridgehead atoms. The number of carboxylic acid groups (broad SMARTS) is 1. The van der Waals surface area contributed by atoms with Crippen LogP contribution in [0.5, 0.6) is 0 Å². The number of nitrogens with zero attached hydrogens (tertiary/aromatic N) is 1. The Labute approximate surface area is 94.4 Å². The maximum Gasteiger partial charge on any atom is 0.338 e. The molecule has 0 saturated carbocycles. The maximum absolute atomic E-state index is 13.2. The van der Waals surface area contributed by atoms with Crippen molar-refractivity contribution in [2.45, 2.75) is 11.8 Å². The normalized spacial score (nSPS) is 10.1.